The maximum atomic E-state index is 14.6. The SMILES string of the molecule is CCC(=O)N1CCN(c2ccc(-n3c(=O)cc(C)c4cnc5ccc(-c6cnc7ccccc7c6)cc5c43)cc2C(F)(F)F)CC1. The lowest BCUT2D eigenvalue weighted by Gasteiger charge is -2.37. The molecule has 10 heteroatoms. The average Bonchev–Trinajstić information content (AvgIpc) is 3.07. The molecule has 1 aliphatic rings. The third-order valence-corrected chi connectivity index (χ3v) is 8.79. The topological polar surface area (TPSA) is 71.3 Å². The fourth-order valence-electron chi connectivity index (χ4n) is 6.40. The second-order valence-electron chi connectivity index (χ2n) is 11.6. The number of carbonyl (C=O) groups is 1. The van der Waals surface area contributed by atoms with Crippen molar-refractivity contribution >= 4 is 44.3 Å². The number of pyridine rings is 3. The van der Waals surface area contributed by atoms with Gasteiger partial charge < -0.3 is 9.80 Å². The van der Waals surface area contributed by atoms with Gasteiger partial charge in [0.25, 0.3) is 5.56 Å². The summed E-state index contributed by atoms with van der Waals surface area (Å²) in [5.74, 6) is -0.0154. The summed E-state index contributed by atoms with van der Waals surface area (Å²) in [6.45, 7) is 4.83. The maximum absolute atomic E-state index is 14.6. The molecule has 1 fully saturated rings. The van der Waals surface area contributed by atoms with Crippen molar-refractivity contribution in [3.63, 3.8) is 0 Å². The molecule has 3 aromatic heterocycles. The molecule has 0 saturated carbocycles. The van der Waals surface area contributed by atoms with Crippen LogP contribution in [-0.2, 0) is 11.0 Å². The van der Waals surface area contributed by atoms with Crippen molar-refractivity contribution in [2.45, 2.75) is 26.4 Å². The number of aryl methyl sites for hydroxylation is 1. The fraction of sp³-hybridized carbons (Fsp3) is 0.222. The van der Waals surface area contributed by atoms with Crippen LogP contribution in [-0.4, -0.2) is 51.5 Å². The Labute approximate surface area is 262 Å². The molecule has 0 bridgehead atoms. The van der Waals surface area contributed by atoms with Crippen LogP contribution in [0.4, 0.5) is 18.9 Å². The molecule has 0 unspecified atom stereocenters. The second kappa shape index (κ2) is 11.3. The van der Waals surface area contributed by atoms with Crippen LogP contribution < -0.4 is 10.5 Å². The molecule has 232 valence electrons. The first kappa shape index (κ1) is 29.5. The number of hydrogen-bond acceptors (Lipinski definition) is 5. The van der Waals surface area contributed by atoms with Crippen LogP contribution in [0.2, 0.25) is 0 Å². The van der Waals surface area contributed by atoms with E-state index in [0.29, 0.717) is 46.9 Å². The number of fused-ring (bicyclic) bond motifs is 4. The van der Waals surface area contributed by atoms with E-state index >= 15 is 0 Å². The zero-order valence-electron chi connectivity index (χ0n) is 25.3. The molecule has 0 radical (unpaired) electrons. The van der Waals surface area contributed by atoms with Crippen LogP contribution in [0.15, 0.2) is 90.0 Å². The number of amides is 1. The molecule has 0 spiro atoms. The van der Waals surface area contributed by atoms with E-state index in [4.69, 9.17) is 0 Å². The van der Waals surface area contributed by atoms with Crippen LogP contribution in [0, 0.1) is 6.92 Å². The van der Waals surface area contributed by atoms with Crippen LogP contribution in [0.3, 0.4) is 0 Å². The normalized spacial score (nSPS) is 14.0. The first-order valence-corrected chi connectivity index (χ1v) is 15.2. The summed E-state index contributed by atoms with van der Waals surface area (Å²) >= 11 is 0. The number of hydrogen-bond donors (Lipinski definition) is 0. The monoisotopic (exact) mass is 621 g/mol. The largest absolute Gasteiger partial charge is 0.418 e. The zero-order valence-corrected chi connectivity index (χ0v) is 25.3. The van der Waals surface area contributed by atoms with Crippen molar-refractivity contribution in [1.82, 2.24) is 19.4 Å². The molecule has 46 heavy (non-hydrogen) atoms. The molecule has 1 amide bonds. The molecule has 0 atom stereocenters. The van der Waals surface area contributed by atoms with Gasteiger partial charge in [-0.1, -0.05) is 31.2 Å². The van der Waals surface area contributed by atoms with Crippen molar-refractivity contribution in [3.05, 3.63) is 107 Å². The van der Waals surface area contributed by atoms with E-state index in [1.165, 1.54) is 16.7 Å². The molecule has 0 N–H and O–H groups in total. The smallest absolute Gasteiger partial charge is 0.367 e. The number of nitrogens with zero attached hydrogens (tertiary/aromatic N) is 5. The van der Waals surface area contributed by atoms with E-state index < -0.39 is 17.3 Å². The minimum Gasteiger partial charge on any atom is -0.367 e. The van der Waals surface area contributed by atoms with Crippen LogP contribution in [0.5, 0.6) is 0 Å². The van der Waals surface area contributed by atoms with Crippen molar-refractivity contribution in [3.8, 4) is 16.8 Å². The van der Waals surface area contributed by atoms with Gasteiger partial charge in [0.1, 0.15) is 0 Å². The molecule has 1 saturated heterocycles. The Morgan fingerprint density at radius 2 is 1.59 bits per heavy atom. The number of carbonyl (C=O) groups excluding carboxylic acids is 1. The Kier molecular flexibility index (Phi) is 7.22. The molecular formula is C36H30F3N5O2. The summed E-state index contributed by atoms with van der Waals surface area (Å²) < 4.78 is 45.3. The Balaban J connectivity index is 1.40. The summed E-state index contributed by atoms with van der Waals surface area (Å²) in [6.07, 6.45) is -0.874. The van der Waals surface area contributed by atoms with Gasteiger partial charge in [-0.2, -0.15) is 13.2 Å². The Hall–Kier alpha value is -5.25. The summed E-state index contributed by atoms with van der Waals surface area (Å²) in [6, 6.07) is 21.0. The molecule has 0 aliphatic carbocycles. The van der Waals surface area contributed by atoms with E-state index in [9.17, 15) is 22.8 Å². The second-order valence-corrected chi connectivity index (χ2v) is 11.6. The minimum absolute atomic E-state index is 0.0154. The van der Waals surface area contributed by atoms with Crippen molar-refractivity contribution in [2.24, 2.45) is 0 Å². The molecular weight excluding hydrogens is 591 g/mol. The standard InChI is InChI=1S/C36H30F3N5O2/c1-3-33(45)43-14-12-42(13-15-43)32-11-9-26(19-29(32)36(37,38)39)44-34(46)16-22(2)28-21-41-31-10-8-23(18-27(31)35(28)44)25-17-24-6-4-5-7-30(24)40-20-25/h4-11,16-21H,3,12-15H2,1-2H3. The summed E-state index contributed by atoms with van der Waals surface area (Å²) in [7, 11) is 0. The highest BCUT2D eigenvalue weighted by Gasteiger charge is 2.36. The van der Waals surface area contributed by atoms with Crippen LogP contribution in [0.1, 0.15) is 24.5 Å². The van der Waals surface area contributed by atoms with Gasteiger partial charge in [-0.3, -0.25) is 24.1 Å². The summed E-state index contributed by atoms with van der Waals surface area (Å²) in [5, 5.41) is 2.27. The van der Waals surface area contributed by atoms with Gasteiger partial charge in [-0.05, 0) is 60.5 Å². The highest BCUT2D eigenvalue weighted by atomic mass is 19.4. The fourth-order valence-corrected chi connectivity index (χ4v) is 6.40. The highest BCUT2D eigenvalue weighted by molar-refractivity contribution is 6.06. The van der Waals surface area contributed by atoms with Crippen LogP contribution in [0.25, 0.3) is 49.5 Å². The number of rotatable bonds is 4. The third-order valence-electron chi connectivity index (χ3n) is 8.79. The van der Waals surface area contributed by atoms with E-state index in [1.807, 2.05) is 48.5 Å². The van der Waals surface area contributed by atoms with Gasteiger partial charge in [-0.15, -0.1) is 0 Å². The van der Waals surface area contributed by atoms with Gasteiger partial charge in [0.2, 0.25) is 5.91 Å². The van der Waals surface area contributed by atoms with Gasteiger partial charge in [0.15, 0.2) is 0 Å². The molecule has 4 heterocycles. The summed E-state index contributed by atoms with van der Waals surface area (Å²) in [4.78, 5) is 38.4. The lowest BCUT2D eigenvalue weighted by atomic mass is 10.0. The molecule has 7 nitrogen and oxygen atoms in total. The van der Waals surface area contributed by atoms with E-state index in [0.717, 1.165) is 28.1 Å². The predicted molar refractivity (Wildman–Crippen MR) is 174 cm³/mol. The van der Waals surface area contributed by atoms with E-state index in [1.54, 1.807) is 42.1 Å². The third kappa shape index (κ3) is 5.13. The first-order valence-electron chi connectivity index (χ1n) is 15.2. The van der Waals surface area contributed by atoms with Crippen molar-refractivity contribution in [2.75, 3.05) is 31.1 Å². The van der Waals surface area contributed by atoms with Gasteiger partial charge >= 0.3 is 6.18 Å². The van der Waals surface area contributed by atoms with E-state index in [2.05, 4.69) is 9.97 Å². The number of para-hydroxylation sites is 1. The number of halogens is 3. The number of alkyl halides is 3. The quantitative estimate of drug-likeness (QED) is 0.196. The van der Waals surface area contributed by atoms with Gasteiger partial charge in [-0.25, -0.2) is 0 Å². The Morgan fingerprint density at radius 3 is 2.35 bits per heavy atom. The predicted octanol–water partition coefficient (Wildman–Crippen LogP) is 7.14. The molecule has 1 aliphatic heterocycles. The lowest BCUT2D eigenvalue weighted by Crippen LogP contribution is -2.49. The number of anilines is 1. The number of aromatic nitrogens is 3. The van der Waals surface area contributed by atoms with Crippen molar-refractivity contribution in [1.29, 1.82) is 0 Å². The zero-order chi connectivity index (χ0) is 32.2. The first-order chi connectivity index (χ1) is 22.1. The highest BCUT2D eigenvalue weighted by Crippen LogP contribution is 2.39. The van der Waals surface area contributed by atoms with Gasteiger partial charge in [0.05, 0.1) is 27.8 Å². The minimum atomic E-state index is -4.67. The summed E-state index contributed by atoms with van der Waals surface area (Å²) in [5.41, 5.74) is 3.20. The van der Waals surface area contributed by atoms with E-state index in [-0.39, 0.29) is 30.4 Å². The van der Waals surface area contributed by atoms with Crippen LogP contribution >= 0.6 is 0 Å². The Morgan fingerprint density at radius 1 is 0.826 bits per heavy atom. The number of benzene rings is 3. The molecule has 6 aromatic rings. The lowest BCUT2D eigenvalue weighted by molar-refractivity contribution is -0.137. The number of piperazine rings is 1. The maximum Gasteiger partial charge on any atom is 0.418 e. The Bertz CT molecular complexity index is 2220. The average molecular weight is 622 g/mol. The van der Waals surface area contributed by atoms with Crippen molar-refractivity contribution < 1.29 is 18.0 Å². The molecule has 7 rings (SSSR count). The molecule has 3 aromatic carbocycles. The van der Waals surface area contributed by atoms with Gasteiger partial charge in [0, 0.05) is 78.5 Å².